The maximum absolute atomic E-state index is 11.4. The molecule has 0 N–H and O–H groups in total. The van der Waals surface area contributed by atoms with Gasteiger partial charge in [-0.15, -0.1) is 0 Å². The number of unbranched alkanes of at least 4 members (excludes halogenated alkanes) is 1. The Labute approximate surface area is 114 Å². The van der Waals surface area contributed by atoms with Gasteiger partial charge in [0, 0.05) is 25.8 Å². The van der Waals surface area contributed by atoms with Crippen LogP contribution in [-0.4, -0.2) is 43.3 Å². The van der Waals surface area contributed by atoms with Gasteiger partial charge < -0.3 is 9.80 Å². The summed E-state index contributed by atoms with van der Waals surface area (Å²) in [5, 5.41) is 0. The highest BCUT2D eigenvalue weighted by atomic mass is 16.2. The van der Waals surface area contributed by atoms with Crippen LogP contribution in [0.1, 0.15) is 19.3 Å². The molecule has 1 fully saturated rings. The summed E-state index contributed by atoms with van der Waals surface area (Å²) < 4.78 is 0. The SMILES string of the molecule is CN(CCCCN1CC(=O)CC1=O)c1ccccc1. The van der Waals surface area contributed by atoms with E-state index in [1.807, 2.05) is 18.2 Å². The van der Waals surface area contributed by atoms with E-state index in [2.05, 4.69) is 24.1 Å². The van der Waals surface area contributed by atoms with E-state index in [9.17, 15) is 9.59 Å². The molecule has 0 bridgehead atoms. The Bertz CT molecular complexity index is 445. The van der Waals surface area contributed by atoms with Gasteiger partial charge in [-0.3, -0.25) is 9.59 Å². The molecule has 19 heavy (non-hydrogen) atoms. The van der Waals surface area contributed by atoms with Crippen LogP contribution in [0.5, 0.6) is 0 Å². The summed E-state index contributed by atoms with van der Waals surface area (Å²) in [7, 11) is 2.07. The molecule has 102 valence electrons. The second-order valence-corrected chi connectivity index (χ2v) is 4.99. The zero-order valence-corrected chi connectivity index (χ0v) is 11.3. The lowest BCUT2D eigenvalue weighted by atomic mass is 10.2. The average Bonchev–Trinajstić information content (AvgIpc) is 2.74. The van der Waals surface area contributed by atoms with Crippen molar-refractivity contribution in [2.24, 2.45) is 0 Å². The first-order valence-electron chi connectivity index (χ1n) is 6.72. The lowest BCUT2D eigenvalue weighted by Crippen LogP contribution is -2.27. The normalized spacial score (nSPS) is 15.1. The number of rotatable bonds is 6. The van der Waals surface area contributed by atoms with E-state index in [0.29, 0.717) is 13.1 Å². The quantitative estimate of drug-likeness (QED) is 0.577. The number of amides is 1. The summed E-state index contributed by atoms with van der Waals surface area (Å²) in [6.45, 7) is 1.97. The predicted octanol–water partition coefficient (Wildman–Crippen LogP) is 1.70. The molecule has 1 saturated heterocycles. The number of para-hydroxylation sites is 1. The topological polar surface area (TPSA) is 40.6 Å². The second-order valence-electron chi connectivity index (χ2n) is 4.99. The van der Waals surface area contributed by atoms with Gasteiger partial charge in [0.05, 0.1) is 13.0 Å². The lowest BCUT2D eigenvalue weighted by molar-refractivity contribution is -0.127. The molecule has 0 atom stereocenters. The highest BCUT2D eigenvalue weighted by Crippen LogP contribution is 2.12. The van der Waals surface area contributed by atoms with E-state index in [0.717, 1.165) is 19.4 Å². The van der Waals surface area contributed by atoms with Gasteiger partial charge in [-0.2, -0.15) is 0 Å². The summed E-state index contributed by atoms with van der Waals surface area (Å²) in [6, 6.07) is 10.2. The largest absolute Gasteiger partial charge is 0.375 e. The molecule has 4 heteroatoms. The fraction of sp³-hybridized carbons (Fsp3) is 0.467. The molecule has 0 spiro atoms. The summed E-state index contributed by atoms with van der Waals surface area (Å²) in [5.74, 6) is 0.0350. The third-order valence-corrected chi connectivity index (χ3v) is 3.44. The van der Waals surface area contributed by atoms with E-state index in [4.69, 9.17) is 0 Å². The summed E-state index contributed by atoms with van der Waals surface area (Å²) >= 11 is 0. The van der Waals surface area contributed by atoms with Crippen LogP contribution in [0.3, 0.4) is 0 Å². The number of nitrogens with zero attached hydrogens (tertiary/aromatic N) is 2. The van der Waals surface area contributed by atoms with Crippen molar-refractivity contribution in [1.82, 2.24) is 4.90 Å². The van der Waals surface area contributed by atoms with Crippen molar-refractivity contribution in [3.8, 4) is 0 Å². The maximum Gasteiger partial charge on any atom is 0.230 e. The zero-order valence-electron chi connectivity index (χ0n) is 11.3. The Hall–Kier alpha value is -1.84. The minimum atomic E-state index is -0.0126. The number of Topliss-reactive ketones (excluding diaryl/α,β-unsaturated/α-hetero) is 1. The minimum absolute atomic E-state index is 0.0126. The van der Waals surface area contributed by atoms with Gasteiger partial charge in [0.25, 0.3) is 0 Å². The first kappa shape index (κ1) is 13.6. The van der Waals surface area contributed by atoms with Crippen molar-refractivity contribution in [3.63, 3.8) is 0 Å². The fourth-order valence-corrected chi connectivity index (χ4v) is 2.30. The third kappa shape index (κ3) is 3.81. The number of carbonyl (C=O) groups is 2. The molecular formula is C15H20N2O2. The number of benzene rings is 1. The smallest absolute Gasteiger partial charge is 0.230 e. The molecule has 1 aliphatic rings. The highest BCUT2D eigenvalue weighted by Gasteiger charge is 2.26. The van der Waals surface area contributed by atoms with Crippen LogP contribution in [0.2, 0.25) is 0 Å². The van der Waals surface area contributed by atoms with Crippen LogP contribution in [-0.2, 0) is 9.59 Å². The van der Waals surface area contributed by atoms with E-state index in [-0.39, 0.29) is 18.1 Å². The summed E-state index contributed by atoms with van der Waals surface area (Å²) in [6.07, 6.45) is 2.06. The predicted molar refractivity (Wildman–Crippen MR) is 75.2 cm³/mol. The fourth-order valence-electron chi connectivity index (χ4n) is 2.30. The Morgan fingerprint density at radius 2 is 1.89 bits per heavy atom. The Kier molecular flexibility index (Phi) is 4.55. The van der Waals surface area contributed by atoms with Gasteiger partial charge in [0.1, 0.15) is 0 Å². The molecule has 1 aliphatic heterocycles. The van der Waals surface area contributed by atoms with Crippen molar-refractivity contribution in [2.45, 2.75) is 19.3 Å². The number of anilines is 1. The molecule has 0 radical (unpaired) electrons. The number of hydrogen-bond donors (Lipinski definition) is 0. The Morgan fingerprint density at radius 3 is 2.53 bits per heavy atom. The van der Waals surface area contributed by atoms with Crippen LogP contribution in [0.4, 0.5) is 5.69 Å². The summed E-state index contributed by atoms with van der Waals surface area (Å²) in [4.78, 5) is 26.4. The molecule has 0 saturated carbocycles. The first-order valence-corrected chi connectivity index (χ1v) is 6.72. The Morgan fingerprint density at radius 1 is 1.16 bits per heavy atom. The third-order valence-electron chi connectivity index (χ3n) is 3.44. The average molecular weight is 260 g/mol. The summed E-state index contributed by atoms with van der Waals surface area (Å²) in [5.41, 5.74) is 1.20. The van der Waals surface area contributed by atoms with Crippen LogP contribution in [0.25, 0.3) is 0 Å². The van der Waals surface area contributed by atoms with E-state index in [1.165, 1.54) is 5.69 Å². The molecule has 1 aromatic carbocycles. The molecule has 0 aliphatic carbocycles. The van der Waals surface area contributed by atoms with Gasteiger partial charge in [-0.1, -0.05) is 18.2 Å². The van der Waals surface area contributed by atoms with Crippen molar-refractivity contribution in [2.75, 3.05) is 31.6 Å². The lowest BCUT2D eigenvalue weighted by Gasteiger charge is -2.20. The highest BCUT2D eigenvalue weighted by molar-refractivity contribution is 6.05. The van der Waals surface area contributed by atoms with Crippen molar-refractivity contribution >= 4 is 17.4 Å². The first-order chi connectivity index (χ1) is 9.16. The standard InChI is InChI=1S/C15H20N2O2/c1-16(13-7-3-2-4-8-13)9-5-6-10-17-12-14(18)11-15(17)19/h2-4,7-8H,5-6,9-12H2,1H3. The van der Waals surface area contributed by atoms with Gasteiger partial charge in [0.15, 0.2) is 5.78 Å². The van der Waals surface area contributed by atoms with Crippen molar-refractivity contribution < 1.29 is 9.59 Å². The maximum atomic E-state index is 11.4. The molecule has 1 aromatic rings. The molecule has 0 unspecified atom stereocenters. The van der Waals surface area contributed by atoms with E-state index < -0.39 is 0 Å². The van der Waals surface area contributed by atoms with Crippen molar-refractivity contribution in [1.29, 1.82) is 0 Å². The van der Waals surface area contributed by atoms with Gasteiger partial charge in [0.2, 0.25) is 5.91 Å². The van der Waals surface area contributed by atoms with Crippen LogP contribution in [0.15, 0.2) is 30.3 Å². The minimum Gasteiger partial charge on any atom is -0.375 e. The van der Waals surface area contributed by atoms with E-state index in [1.54, 1.807) is 4.90 Å². The number of ketones is 1. The zero-order chi connectivity index (χ0) is 13.7. The van der Waals surface area contributed by atoms with Crippen molar-refractivity contribution in [3.05, 3.63) is 30.3 Å². The number of likely N-dealkylation sites (tertiary alicyclic amines) is 1. The van der Waals surface area contributed by atoms with E-state index >= 15 is 0 Å². The Balaban J connectivity index is 1.67. The number of carbonyl (C=O) groups excluding carboxylic acids is 2. The molecule has 2 rings (SSSR count). The monoisotopic (exact) mass is 260 g/mol. The second kappa shape index (κ2) is 6.36. The van der Waals surface area contributed by atoms with Gasteiger partial charge in [-0.25, -0.2) is 0 Å². The van der Waals surface area contributed by atoms with Gasteiger partial charge in [-0.05, 0) is 25.0 Å². The molecular weight excluding hydrogens is 240 g/mol. The van der Waals surface area contributed by atoms with Crippen LogP contribution >= 0.6 is 0 Å². The number of hydrogen-bond acceptors (Lipinski definition) is 3. The van der Waals surface area contributed by atoms with Crippen LogP contribution < -0.4 is 4.90 Å². The molecule has 1 heterocycles. The van der Waals surface area contributed by atoms with Crippen LogP contribution in [0, 0.1) is 0 Å². The van der Waals surface area contributed by atoms with Gasteiger partial charge >= 0.3 is 0 Å². The molecule has 4 nitrogen and oxygen atoms in total. The molecule has 0 aromatic heterocycles. The molecule has 1 amide bonds.